The van der Waals surface area contributed by atoms with Crippen LogP contribution in [0.15, 0.2) is 54.6 Å². The van der Waals surface area contributed by atoms with E-state index in [9.17, 15) is 9.59 Å². The molecule has 0 unspecified atom stereocenters. The van der Waals surface area contributed by atoms with E-state index < -0.39 is 6.04 Å². The normalized spacial score (nSPS) is 12.8. The predicted octanol–water partition coefficient (Wildman–Crippen LogP) is 2.77. The van der Waals surface area contributed by atoms with Gasteiger partial charge < -0.3 is 16.0 Å². The molecule has 0 aliphatic rings. The molecule has 0 saturated heterocycles. The van der Waals surface area contributed by atoms with Crippen molar-refractivity contribution < 1.29 is 9.59 Å². The molecule has 0 aromatic heterocycles. The number of hydrogen-bond donors (Lipinski definition) is 3. The monoisotopic (exact) mass is 339 g/mol. The van der Waals surface area contributed by atoms with Crippen LogP contribution in [0.25, 0.3) is 0 Å². The van der Waals surface area contributed by atoms with Crippen molar-refractivity contribution in [3.05, 3.63) is 65.7 Å². The van der Waals surface area contributed by atoms with Crippen LogP contribution in [-0.2, 0) is 4.79 Å². The van der Waals surface area contributed by atoms with Gasteiger partial charge in [0, 0.05) is 24.8 Å². The van der Waals surface area contributed by atoms with Crippen molar-refractivity contribution in [2.45, 2.75) is 25.8 Å². The highest BCUT2D eigenvalue weighted by molar-refractivity contribution is 5.95. The molecule has 2 aromatic carbocycles. The maximum atomic E-state index is 12.3. The number of nitrogens with one attached hydrogen (secondary N) is 3. The van der Waals surface area contributed by atoms with Gasteiger partial charge in [0.1, 0.15) is 6.04 Å². The van der Waals surface area contributed by atoms with Gasteiger partial charge in [-0.25, -0.2) is 0 Å². The highest BCUT2D eigenvalue weighted by atomic mass is 16.2. The molecule has 2 rings (SSSR count). The maximum Gasteiger partial charge on any atom is 0.251 e. The zero-order chi connectivity index (χ0) is 18.2. The number of carbonyl (C=O) groups is 2. The fourth-order valence-electron chi connectivity index (χ4n) is 2.52. The van der Waals surface area contributed by atoms with Gasteiger partial charge in [0.05, 0.1) is 0 Å². The molecule has 5 heteroatoms. The molecule has 0 radical (unpaired) electrons. The van der Waals surface area contributed by atoms with E-state index >= 15 is 0 Å². The summed E-state index contributed by atoms with van der Waals surface area (Å²) in [6.45, 7) is 4.46. The first-order chi connectivity index (χ1) is 12.0. The SMILES string of the molecule is CNC(=O)c1cccc(N[C@H](C)C(=O)NC[C@@H](C)c2ccccc2)c1. The zero-order valence-corrected chi connectivity index (χ0v) is 14.9. The van der Waals surface area contributed by atoms with Crippen molar-refractivity contribution in [3.63, 3.8) is 0 Å². The van der Waals surface area contributed by atoms with Crippen LogP contribution in [0.4, 0.5) is 5.69 Å². The largest absolute Gasteiger partial charge is 0.374 e. The standard InChI is InChI=1S/C20H25N3O2/c1-14(16-8-5-4-6-9-16)13-22-19(24)15(2)23-18-11-7-10-17(12-18)20(25)21-3/h4-12,14-15,23H,13H2,1-3H3,(H,21,25)(H,22,24)/t14-,15-/m1/s1. The number of anilines is 1. The van der Waals surface area contributed by atoms with Gasteiger partial charge in [0.2, 0.25) is 5.91 Å². The Balaban J connectivity index is 1.89. The van der Waals surface area contributed by atoms with Crippen LogP contribution in [0.3, 0.4) is 0 Å². The van der Waals surface area contributed by atoms with E-state index in [4.69, 9.17) is 0 Å². The zero-order valence-electron chi connectivity index (χ0n) is 14.9. The van der Waals surface area contributed by atoms with Crippen LogP contribution in [0.1, 0.15) is 35.7 Å². The van der Waals surface area contributed by atoms with Gasteiger partial charge >= 0.3 is 0 Å². The lowest BCUT2D eigenvalue weighted by molar-refractivity contribution is -0.121. The van der Waals surface area contributed by atoms with Crippen LogP contribution in [-0.4, -0.2) is 31.4 Å². The van der Waals surface area contributed by atoms with Gasteiger partial charge in [0.25, 0.3) is 5.91 Å². The van der Waals surface area contributed by atoms with E-state index in [2.05, 4.69) is 35.0 Å². The number of carbonyl (C=O) groups excluding carboxylic acids is 2. The number of rotatable bonds is 7. The molecule has 2 atom stereocenters. The second kappa shape index (κ2) is 8.87. The lowest BCUT2D eigenvalue weighted by Gasteiger charge is -2.18. The molecule has 3 N–H and O–H groups in total. The Bertz CT molecular complexity index is 716. The predicted molar refractivity (Wildman–Crippen MR) is 101 cm³/mol. The lowest BCUT2D eigenvalue weighted by atomic mass is 10.0. The van der Waals surface area contributed by atoms with Crippen molar-refractivity contribution in [1.82, 2.24) is 10.6 Å². The summed E-state index contributed by atoms with van der Waals surface area (Å²) in [6, 6.07) is 16.8. The van der Waals surface area contributed by atoms with Crippen molar-refractivity contribution in [3.8, 4) is 0 Å². The van der Waals surface area contributed by atoms with E-state index in [1.807, 2.05) is 24.3 Å². The molecule has 0 bridgehead atoms. The molecule has 2 amide bonds. The third kappa shape index (κ3) is 5.35. The Morgan fingerprint density at radius 3 is 2.40 bits per heavy atom. The molecule has 25 heavy (non-hydrogen) atoms. The number of amides is 2. The second-order valence-electron chi connectivity index (χ2n) is 6.08. The van der Waals surface area contributed by atoms with Crippen molar-refractivity contribution in [1.29, 1.82) is 0 Å². The minimum atomic E-state index is -0.400. The minimum Gasteiger partial charge on any atom is -0.374 e. The van der Waals surface area contributed by atoms with Crippen molar-refractivity contribution in [2.24, 2.45) is 0 Å². The summed E-state index contributed by atoms with van der Waals surface area (Å²) in [5, 5.41) is 8.69. The fourth-order valence-corrected chi connectivity index (χ4v) is 2.52. The molecule has 0 fully saturated rings. The number of hydrogen-bond acceptors (Lipinski definition) is 3. The van der Waals surface area contributed by atoms with Crippen molar-refractivity contribution >= 4 is 17.5 Å². The van der Waals surface area contributed by atoms with Crippen LogP contribution in [0, 0.1) is 0 Å². The molecule has 0 aliphatic carbocycles. The van der Waals surface area contributed by atoms with Gasteiger partial charge in [-0.05, 0) is 36.6 Å². The maximum absolute atomic E-state index is 12.3. The fraction of sp³-hybridized carbons (Fsp3) is 0.300. The van der Waals surface area contributed by atoms with Gasteiger partial charge in [-0.15, -0.1) is 0 Å². The Morgan fingerprint density at radius 2 is 1.72 bits per heavy atom. The molecule has 0 saturated carbocycles. The van der Waals surface area contributed by atoms with Gasteiger partial charge in [0.15, 0.2) is 0 Å². The first-order valence-corrected chi connectivity index (χ1v) is 8.42. The summed E-state index contributed by atoms with van der Waals surface area (Å²) in [4.78, 5) is 24.0. The van der Waals surface area contributed by atoms with E-state index in [0.717, 1.165) is 5.69 Å². The molecule has 132 valence electrons. The first kappa shape index (κ1) is 18.5. The minimum absolute atomic E-state index is 0.0758. The first-order valence-electron chi connectivity index (χ1n) is 8.42. The Hall–Kier alpha value is -2.82. The summed E-state index contributed by atoms with van der Waals surface area (Å²) in [5.74, 6) is 0.0134. The third-order valence-electron chi connectivity index (χ3n) is 4.08. The summed E-state index contributed by atoms with van der Waals surface area (Å²) < 4.78 is 0. The third-order valence-corrected chi connectivity index (χ3v) is 4.08. The molecule has 2 aromatic rings. The van der Waals surface area contributed by atoms with E-state index in [0.29, 0.717) is 12.1 Å². The lowest BCUT2D eigenvalue weighted by Crippen LogP contribution is -2.39. The van der Waals surface area contributed by atoms with Gasteiger partial charge in [-0.2, -0.15) is 0 Å². The van der Waals surface area contributed by atoms with Crippen LogP contribution in [0.2, 0.25) is 0 Å². The Morgan fingerprint density at radius 1 is 1.00 bits per heavy atom. The van der Waals surface area contributed by atoms with Gasteiger partial charge in [-0.1, -0.05) is 43.3 Å². The average Bonchev–Trinajstić information content (AvgIpc) is 2.65. The molecule has 0 heterocycles. The molecular formula is C20H25N3O2. The molecular weight excluding hydrogens is 314 g/mol. The average molecular weight is 339 g/mol. The highest BCUT2D eigenvalue weighted by Gasteiger charge is 2.14. The smallest absolute Gasteiger partial charge is 0.251 e. The van der Waals surface area contributed by atoms with E-state index in [1.54, 1.807) is 32.2 Å². The van der Waals surface area contributed by atoms with Crippen molar-refractivity contribution in [2.75, 3.05) is 18.9 Å². The Kier molecular flexibility index (Phi) is 6.57. The Labute approximate surface area is 148 Å². The molecule has 5 nitrogen and oxygen atoms in total. The summed E-state index contributed by atoms with van der Waals surface area (Å²) in [6.07, 6.45) is 0. The van der Waals surface area contributed by atoms with E-state index in [-0.39, 0.29) is 17.7 Å². The topological polar surface area (TPSA) is 70.2 Å². The van der Waals surface area contributed by atoms with Crippen LogP contribution < -0.4 is 16.0 Å². The van der Waals surface area contributed by atoms with E-state index in [1.165, 1.54) is 5.56 Å². The number of benzene rings is 2. The van der Waals surface area contributed by atoms with Gasteiger partial charge in [-0.3, -0.25) is 9.59 Å². The van der Waals surface area contributed by atoms with Crippen LogP contribution in [0.5, 0.6) is 0 Å². The summed E-state index contributed by atoms with van der Waals surface area (Å²) in [5.41, 5.74) is 2.49. The quantitative estimate of drug-likeness (QED) is 0.726. The molecule has 0 spiro atoms. The second-order valence-corrected chi connectivity index (χ2v) is 6.08. The van der Waals surface area contributed by atoms with Crippen LogP contribution >= 0.6 is 0 Å². The molecule has 0 aliphatic heterocycles. The highest BCUT2D eigenvalue weighted by Crippen LogP contribution is 2.14. The summed E-state index contributed by atoms with van der Waals surface area (Å²) in [7, 11) is 1.59. The summed E-state index contributed by atoms with van der Waals surface area (Å²) >= 11 is 0.